The van der Waals surface area contributed by atoms with Crippen molar-refractivity contribution in [3.63, 3.8) is 0 Å². The van der Waals surface area contributed by atoms with Gasteiger partial charge in [0.15, 0.2) is 0 Å². The first-order chi connectivity index (χ1) is 10.1. The van der Waals surface area contributed by atoms with Crippen LogP contribution in [0.3, 0.4) is 0 Å². The van der Waals surface area contributed by atoms with Crippen molar-refractivity contribution in [2.45, 2.75) is 6.42 Å². The molecule has 5 heteroatoms. The number of carbonyl (C=O) groups is 1. The minimum absolute atomic E-state index is 0.0247. The Kier molecular flexibility index (Phi) is 3.84. The first-order valence-electron chi connectivity index (χ1n) is 6.81. The lowest BCUT2D eigenvalue weighted by Gasteiger charge is -2.19. The molecule has 0 unspecified atom stereocenters. The van der Waals surface area contributed by atoms with Crippen molar-refractivity contribution in [3.8, 4) is 0 Å². The van der Waals surface area contributed by atoms with Crippen LogP contribution in [0, 0.1) is 0 Å². The van der Waals surface area contributed by atoms with Crippen LogP contribution >= 0.6 is 15.9 Å². The van der Waals surface area contributed by atoms with Gasteiger partial charge in [0.05, 0.1) is 6.54 Å². The van der Waals surface area contributed by atoms with E-state index < -0.39 is 0 Å². The average Bonchev–Trinajstić information content (AvgIpc) is 2.83. The lowest BCUT2D eigenvalue weighted by molar-refractivity contribution is -0.115. The minimum Gasteiger partial charge on any atom is -0.398 e. The molecule has 0 aromatic heterocycles. The molecule has 0 aliphatic carbocycles. The van der Waals surface area contributed by atoms with Crippen molar-refractivity contribution in [1.29, 1.82) is 0 Å². The van der Waals surface area contributed by atoms with Crippen LogP contribution < -0.4 is 16.0 Å². The second-order valence-electron chi connectivity index (χ2n) is 5.07. The number of benzene rings is 2. The smallest absolute Gasteiger partial charge is 0.243 e. The van der Waals surface area contributed by atoms with E-state index in [1.54, 1.807) is 0 Å². The first-order valence-corrected chi connectivity index (χ1v) is 7.60. The standard InChI is InChI=1S/C16H16BrN3O/c17-11-3-1-4-12(9-11)19-16(21)10-20-8-7-13-14(18)5-2-6-15(13)20/h1-6,9H,7-8,10,18H2,(H,19,21). The second-order valence-corrected chi connectivity index (χ2v) is 5.99. The molecule has 0 atom stereocenters. The number of carbonyl (C=O) groups excluding carboxylic acids is 1. The summed E-state index contributed by atoms with van der Waals surface area (Å²) in [7, 11) is 0. The van der Waals surface area contributed by atoms with E-state index in [1.807, 2.05) is 42.5 Å². The fourth-order valence-electron chi connectivity index (χ4n) is 2.63. The number of fused-ring (bicyclic) bond motifs is 1. The summed E-state index contributed by atoms with van der Waals surface area (Å²) in [6.45, 7) is 1.17. The van der Waals surface area contributed by atoms with Crippen LogP contribution in [0.25, 0.3) is 0 Å². The maximum Gasteiger partial charge on any atom is 0.243 e. The van der Waals surface area contributed by atoms with E-state index in [1.165, 1.54) is 0 Å². The number of rotatable bonds is 3. The van der Waals surface area contributed by atoms with E-state index >= 15 is 0 Å². The molecule has 0 bridgehead atoms. The number of hydrogen-bond donors (Lipinski definition) is 2. The van der Waals surface area contributed by atoms with Crippen LogP contribution in [-0.2, 0) is 11.2 Å². The molecular weight excluding hydrogens is 330 g/mol. The molecule has 0 radical (unpaired) electrons. The maximum absolute atomic E-state index is 12.2. The molecule has 2 aromatic rings. The highest BCUT2D eigenvalue weighted by atomic mass is 79.9. The molecule has 4 nitrogen and oxygen atoms in total. The summed E-state index contributed by atoms with van der Waals surface area (Å²) < 4.78 is 0.944. The van der Waals surface area contributed by atoms with Gasteiger partial charge >= 0.3 is 0 Å². The summed E-state index contributed by atoms with van der Waals surface area (Å²) in [5.74, 6) is -0.0247. The van der Waals surface area contributed by atoms with Crippen molar-refractivity contribution in [2.75, 3.05) is 29.0 Å². The van der Waals surface area contributed by atoms with Crippen LogP contribution in [0.1, 0.15) is 5.56 Å². The highest BCUT2D eigenvalue weighted by Crippen LogP contribution is 2.31. The molecule has 3 N–H and O–H groups in total. The first kappa shape index (κ1) is 13.9. The van der Waals surface area contributed by atoms with Crippen molar-refractivity contribution in [1.82, 2.24) is 0 Å². The summed E-state index contributed by atoms with van der Waals surface area (Å²) in [5, 5.41) is 2.91. The quantitative estimate of drug-likeness (QED) is 0.840. The lowest BCUT2D eigenvalue weighted by atomic mass is 10.1. The van der Waals surface area contributed by atoms with Gasteiger partial charge < -0.3 is 16.0 Å². The summed E-state index contributed by atoms with van der Waals surface area (Å²) >= 11 is 3.39. The number of anilines is 3. The molecule has 1 amide bonds. The van der Waals surface area contributed by atoms with Gasteiger partial charge in [-0.2, -0.15) is 0 Å². The fraction of sp³-hybridized carbons (Fsp3) is 0.188. The monoisotopic (exact) mass is 345 g/mol. The Hall–Kier alpha value is -2.01. The topological polar surface area (TPSA) is 58.4 Å². The average molecular weight is 346 g/mol. The Bertz CT molecular complexity index is 687. The van der Waals surface area contributed by atoms with Crippen LogP contribution in [-0.4, -0.2) is 19.0 Å². The third-order valence-corrected chi connectivity index (χ3v) is 4.10. The second kappa shape index (κ2) is 5.77. The zero-order valence-corrected chi connectivity index (χ0v) is 13.1. The number of nitrogens with zero attached hydrogens (tertiary/aromatic N) is 1. The van der Waals surface area contributed by atoms with E-state index in [0.717, 1.165) is 40.1 Å². The van der Waals surface area contributed by atoms with E-state index in [2.05, 4.69) is 26.1 Å². The third-order valence-electron chi connectivity index (χ3n) is 3.60. The minimum atomic E-state index is -0.0247. The van der Waals surface area contributed by atoms with E-state index in [-0.39, 0.29) is 5.91 Å². The van der Waals surface area contributed by atoms with E-state index in [9.17, 15) is 4.79 Å². The molecule has 0 saturated heterocycles. The van der Waals surface area contributed by atoms with E-state index in [4.69, 9.17) is 5.73 Å². The van der Waals surface area contributed by atoms with Gasteiger partial charge in [-0.15, -0.1) is 0 Å². The molecule has 1 aliphatic heterocycles. The van der Waals surface area contributed by atoms with Crippen LogP contribution in [0.15, 0.2) is 46.9 Å². The lowest BCUT2D eigenvalue weighted by Crippen LogP contribution is -2.31. The third kappa shape index (κ3) is 3.03. The normalized spacial score (nSPS) is 13.1. The van der Waals surface area contributed by atoms with Gasteiger partial charge in [-0.1, -0.05) is 28.1 Å². The Morgan fingerprint density at radius 2 is 2.10 bits per heavy atom. The van der Waals surface area contributed by atoms with Gasteiger partial charge in [-0.3, -0.25) is 4.79 Å². The molecule has 3 rings (SSSR count). The molecule has 21 heavy (non-hydrogen) atoms. The molecule has 0 spiro atoms. The van der Waals surface area contributed by atoms with Crippen molar-refractivity contribution in [3.05, 3.63) is 52.5 Å². The van der Waals surface area contributed by atoms with Gasteiger partial charge in [-0.25, -0.2) is 0 Å². The Balaban J connectivity index is 1.69. The molecule has 108 valence electrons. The van der Waals surface area contributed by atoms with Crippen LogP contribution in [0.2, 0.25) is 0 Å². The summed E-state index contributed by atoms with van der Waals surface area (Å²) in [6.07, 6.45) is 0.895. The van der Waals surface area contributed by atoms with Crippen molar-refractivity contribution >= 4 is 38.9 Å². The number of amides is 1. The van der Waals surface area contributed by atoms with Gasteiger partial charge in [0, 0.05) is 33.6 Å². The zero-order valence-electron chi connectivity index (χ0n) is 11.5. The van der Waals surface area contributed by atoms with Gasteiger partial charge in [0.25, 0.3) is 0 Å². The molecular formula is C16H16BrN3O. The summed E-state index contributed by atoms with van der Waals surface area (Å²) in [5.41, 5.74) is 9.79. The van der Waals surface area contributed by atoms with Crippen molar-refractivity contribution < 1.29 is 4.79 Å². The fourth-order valence-corrected chi connectivity index (χ4v) is 3.03. The Labute approximate surface area is 132 Å². The molecule has 1 aliphatic rings. The largest absolute Gasteiger partial charge is 0.398 e. The summed E-state index contributed by atoms with van der Waals surface area (Å²) in [6, 6.07) is 13.4. The number of nitrogens with one attached hydrogen (secondary N) is 1. The van der Waals surface area contributed by atoms with Gasteiger partial charge in [0.2, 0.25) is 5.91 Å². The highest BCUT2D eigenvalue weighted by molar-refractivity contribution is 9.10. The SMILES string of the molecule is Nc1cccc2c1CCN2CC(=O)Nc1cccc(Br)c1. The summed E-state index contributed by atoms with van der Waals surface area (Å²) in [4.78, 5) is 14.2. The van der Waals surface area contributed by atoms with Gasteiger partial charge in [0.1, 0.15) is 0 Å². The van der Waals surface area contributed by atoms with Crippen LogP contribution in [0.4, 0.5) is 17.1 Å². The number of nitrogen functional groups attached to an aromatic ring is 1. The number of nitrogens with two attached hydrogens (primary N) is 1. The Morgan fingerprint density at radius 3 is 2.90 bits per heavy atom. The number of halogens is 1. The van der Waals surface area contributed by atoms with Crippen LogP contribution in [0.5, 0.6) is 0 Å². The maximum atomic E-state index is 12.2. The Morgan fingerprint density at radius 1 is 1.29 bits per heavy atom. The highest BCUT2D eigenvalue weighted by Gasteiger charge is 2.22. The molecule has 0 fully saturated rings. The predicted octanol–water partition coefficient (Wildman–Crippen LogP) is 3.03. The molecule has 0 saturated carbocycles. The molecule has 1 heterocycles. The van der Waals surface area contributed by atoms with Crippen molar-refractivity contribution in [2.24, 2.45) is 0 Å². The molecule has 2 aromatic carbocycles. The number of hydrogen-bond acceptors (Lipinski definition) is 3. The zero-order chi connectivity index (χ0) is 14.8. The predicted molar refractivity (Wildman–Crippen MR) is 89.5 cm³/mol. The van der Waals surface area contributed by atoms with Gasteiger partial charge in [-0.05, 0) is 36.8 Å². The van der Waals surface area contributed by atoms with E-state index in [0.29, 0.717) is 6.54 Å².